The van der Waals surface area contributed by atoms with E-state index in [1.54, 1.807) is 6.20 Å². The Hall–Kier alpha value is -2.95. The normalized spacial score (nSPS) is 14.3. The van der Waals surface area contributed by atoms with Crippen molar-refractivity contribution in [2.24, 2.45) is 0 Å². The van der Waals surface area contributed by atoms with Crippen molar-refractivity contribution < 1.29 is 4.39 Å². The summed E-state index contributed by atoms with van der Waals surface area (Å²) in [4.78, 5) is 6.91. The zero-order valence-corrected chi connectivity index (χ0v) is 17.9. The molecule has 5 rings (SSSR count). The number of benzene rings is 3. The van der Waals surface area contributed by atoms with E-state index in [0.29, 0.717) is 5.02 Å². The molecule has 1 saturated heterocycles. The third-order valence-electron chi connectivity index (χ3n) is 5.84. The molecule has 0 unspecified atom stereocenters. The fourth-order valence-electron chi connectivity index (χ4n) is 4.28. The molecule has 0 aliphatic carbocycles. The second-order valence-corrected chi connectivity index (χ2v) is 8.44. The van der Waals surface area contributed by atoms with Crippen LogP contribution in [0.5, 0.6) is 0 Å². The molecule has 1 N–H and O–H groups in total. The van der Waals surface area contributed by atoms with E-state index >= 15 is 0 Å². The maximum Gasteiger partial charge on any atom is 0.123 e. The van der Waals surface area contributed by atoms with Crippen LogP contribution >= 0.6 is 11.6 Å². The van der Waals surface area contributed by atoms with E-state index in [2.05, 4.69) is 33.4 Å². The molecule has 4 aromatic rings. The van der Waals surface area contributed by atoms with E-state index < -0.39 is 0 Å². The van der Waals surface area contributed by atoms with Gasteiger partial charge in [-0.3, -0.25) is 9.88 Å². The van der Waals surface area contributed by atoms with Gasteiger partial charge in [0.25, 0.3) is 0 Å². The lowest BCUT2D eigenvalue weighted by Gasteiger charge is -2.19. The van der Waals surface area contributed by atoms with Gasteiger partial charge in [0, 0.05) is 34.5 Å². The lowest BCUT2D eigenvalue weighted by molar-refractivity contribution is 0.332. The molecule has 0 spiro atoms. The molecule has 2 heterocycles. The smallest absolute Gasteiger partial charge is 0.123 e. The molecule has 1 aliphatic rings. The maximum atomic E-state index is 13.5. The van der Waals surface area contributed by atoms with Crippen molar-refractivity contribution in [1.82, 2.24) is 9.88 Å². The number of pyridine rings is 1. The third-order valence-corrected chi connectivity index (χ3v) is 6.07. The van der Waals surface area contributed by atoms with Gasteiger partial charge in [-0.25, -0.2) is 4.39 Å². The maximum absolute atomic E-state index is 13.5. The Bertz CT molecular complexity index is 1220. The van der Waals surface area contributed by atoms with Crippen molar-refractivity contribution in [3.8, 4) is 11.1 Å². The van der Waals surface area contributed by atoms with Gasteiger partial charge in [-0.2, -0.15) is 0 Å². The van der Waals surface area contributed by atoms with Crippen molar-refractivity contribution in [3.63, 3.8) is 0 Å². The van der Waals surface area contributed by atoms with Gasteiger partial charge in [0.2, 0.25) is 0 Å². The summed E-state index contributed by atoms with van der Waals surface area (Å²) >= 11 is 6.13. The predicted molar refractivity (Wildman–Crippen MR) is 126 cm³/mol. The van der Waals surface area contributed by atoms with Crippen LogP contribution in [0.3, 0.4) is 0 Å². The summed E-state index contributed by atoms with van der Waals surface area (Å²) in [5.41, 5.74) is 6.28. The van der Waals surface area contributed by atoms with E-state index in [0.717, 1.165) is 53.0 Å². The minimum absolute atomic E-state index is 0.215. The van der Waals surface area contributed by atoms with Crippen LogP contribution < -0.4 is 5.32 Å². The summed E-state index contributed by atoms with van der Waals surface area (Å²) in [6, 6.07) is 20.9. The van der Waals surface area contributed by atoms with Crippen LogP contribution in [0.4, 0.5) is 15.8 Å². The number of nitrogens with one attached hydrogen (secondary N) is 1. The molecule has 5 heteroatoms. The topological polar surface area (TPSA) is 28.2 Å². The third kappa shape index (κ3) is 4.41. The van der Waals surface area contributed by atoms with Gasteiger partial charge in [-0.15, -0.1) is 0 Å². The number of hydrogen-bond donors (Lipinski definition) is 1. The molecule has 0 amide bonds. The van der Waals surface area contributed by atoms with Crippen LogP contribution in [-0.2, 0) is 6.54 Å². The number of halogens is 2. The predicted octanol–water partition coefficient (Wildman–Crippen LogP) is 7.03. The molecule has 156 valence electrons. The lowest BCUT2D eigenvalue weighted by atomic mass is 9.98. The lowest BCUT2D eigenvalue weighted by Crippen LogP contribution is -2.19. The first-order valence-corrected chi connectivity index (χ1v) is 11.0. The molecule has 1 aliphatic heterocycles. The quantitative estimate of drug-likeness (QED) is 0.367. The fraction of sp³-hybridized carbons (Fsp3) is 0.192. The van der Waals surface area contributed by atoms with E-state index in [-0.39, 0.29) is 5.82 Å². The highest BCUT2D eigenvalue weighted by Crippen LogP contribution is 2.32. The molecule has 0 radical (unpaired) electrons. The van der Waals surface area contributed by atoms with Gasteiger partial charge in [-0.1, -0.05) is 29.8 Å². The van der Waals surface area contributed by atoms with Crippen LogP contribution in [0.25, 0.3) is 22.0 Å². The highest BCUT2D eigenvalue weighted by molar-refractivity contribution is 6.31. The molecule has 0 saturated carbocycles. The summed E-state index contributed by atoms with van der Waals surface area (Å²) in [6.45, 7) is 3.13. The van der Waals surface area contributed by atoms with Crippen molar-refractivity contribution >= 4 is 33.9 Å². The van der Waals surface area contributed by atoms with Gasteiger partial charge in [-0.05, 0) is 91.2 Å². The fourth-order valence-corrected chi connectivity index (χ4v) is 4.45. The van der Waals surface area contributed by atoms with Crippen LogP contribution in [0.2, 0.25) is 5.02 Å². The summed E-state index contributed by atoms with van der Waals surface area (Å²) in [5.74, 6) is -0.215. The summed E-state index contributed by atoms with van der Waals surface area (Å²) in [5, 5.41) is 5.26. The Kier molecular flexibility index (Phi) is 5.58. The van der Waals surface area contributed by atoms with E-state index in [4.69, 9.17) is 11.6 Å². The van der Waals surface area contributed by atoms with Crippen molar-refractivity contribution in [2.75, 3.05) is 18.4 Å². The second-order valence-electron chi connectivity index (χ2n) is 8.01. The highest BCUT2D eigenvalue weighted by Gasteiger charge is 2.15. The van der Waals surface area contributed by atoms with Gasteiger partial charge in [0.05, 0.1) is 5.52 Å². The van der Waals surface area contributed by atoms with Crippen molar-refractivity contribution in [1.29, 1.82) is 0 Å². The highest BCUT2D eigenvalue weighted by atomic mass is 35.5. The first-order valence-electron chi connectivity index (χ1n) is 10.6. The standard InChI is InChI=1S/C26H23ClFN3/c27-20-5-9-24-25(11-12-29-26(24)16-20)30-22-8-10-23(18-3-6-21(28)7-4-18)19(15-22)17-31-13-1-2-14-31/h3-12,15-16H,1-2,13-14,17H2,(H,29,30). The van der Waals surface area contributed by atoms with Gasteiger partial charge < -0.3 is 5.32 Å². The van der Waals surface area contributed by atoms with E-state index in [1.807, 2.05) is 36.4 Å². The molecular formula is C26H23ClFN3. The summed E-state index contributed by atoms with van der Waals surface area (Å²) in [7, 11) is 0. The van der Waals surface area contributed by atoms with Gasteiger partial charge in [0.15, 0.2) is 0 Å². The molecule has 31 heavy (non-hydrogen) atoms. The largest absolute Gasteiger partial charge is 0.355 e. The van der Waals surface area contributed by atoms with E-state index in [9.17, 15) is 4.39 Å². The Balaban J connectivity index is 1.51. The van der Waals surface area contributed by atoms with Crippen molar-refractivity contribution in [2.45, 2.75) is 19.4 Å². The van der Waals surface area contributed by atoms with Gasteiger partial charge >= 0.3 is 0 Å². The minimum Gasteiger partial charge on any atom is -0.355 e. The number of hydrogen-bond acceptors (Lipinski definition) is 3. The monoisotopic (exact) mass is 431 g/mol. The SMILES string of the molecule is Fc1ccc(-c2ccc(Nc3ccnc4cc(Cl)ccc34)cc2CN2CCCC2)cc1. The number of likely N-dealkylation sites (tertiary alicyclic amines) is 1. The van der Waals surface area contributed by atoms with E-state index in [1.165, 1.54) is 30.5 Å². The number of aromatic nitrogens is 1. The Labute approximate surface area is 186 Å². The molecule has 3 aromatic carbocycles. The Morgan fingerprint density at radius 3 is 2.55 bits per heavy atom. The molecule has 0 atom stereocenters. The first kappa shape index (κ1) is 20.0. The average Bonchev–Trinajstić information content (AvgIpc) is 3.28. The number of nitrogens with zero attached hydrogens (tertiary/aromatic N) is 2. The van der Waals surface area contributed by atoms with Crippen LogP contribution in [0.15, 0.2) is 72.9 Å². The van der Waals surface area contributed by atoms with Crippen LogP contribution in [0, 0.1) is 5.82 Å². The summed E-state index contributed by atoms with van der Waals surface area (Å²) < 4.78 is 13.5. The van der Waals surface area contributed by atoms with Gasteiger partial charge in [0.1, 0.15) is 5.82 Å². The zero-order valence-electron chi connectivity index (χ0n) is 17.1. The summed E-state index contributed by atoms with van der Waals surface area (Å²) in [6.07, 6.45) is 4.28. The molecule has 1 aromatic heterocycles. The first-order chi connectivity index (χ1) is 15.2. The number of fused-ring (bicyclic) bond motifs is 1. The molecule has 3 nitrogen and oxygen atoms in total. The number of rotatable bonds is 5. The average molecular weight is 432 g/mol. The number of anilines is 2. The minimum atomic E-state index is -0.215. The Morgan fingerprint density at radius 1 is 0.935 bits per heavy atom. The molecular weight excluding hydrogens is 409 g/mol. The van der Waals surface area contributed by atoms with Crippen molar-refractivity contribution in [3.05, 3.63) is 89.3 Å². The Morgan fingerprint density at radius 2 is 1.74 bits per heavy atom. The second kappa shape index (κ2) is 8.66. The molecule has 0 bridgehead atoms. The van der Waals surface area contributed by atoms with Crippen LogP contribution in [-0.4, -0.2) is 23.0 Å². The van der Waals surface area contributed by atoms with Crippen LogP contribution in [0.1, 0.15) is 18.4 Å². The zero-order chi connectivity index (χ0) is 21.2. The molecule has 1 fully saturated rings.